The van der Waals surface area contributed by atoms with E-state index in [1.165, 1.54) is 6.39 Å². The number of oxazole rings is 1. The van der Waals surface area contributed by atoms with E-state index in [1.54, 1.807) is 0 Å². The summed E-state index contributed by atoms with van der Waals surface area (Å²) in [4.78, 5) is 4.04. The average Bonchev–Trinajstić information content (AvgIpc) is 2.65. The maximum absolute atomic E-state index is 6.14. The molecule has 0 radical (unpaired) electrons. The minimum Gasteiger partial charge on any atom is -0.443 e. The highest BCUT2D eigenvalue weighted by Crippen LogP contribution is 2.25. The van der Waals surface area contributed by atoms with Gasteiger partial charge in [0.1, 0.15) is 5.52 Å². The molecule has 2 N–H and O–H groups in total. The fourth-order valence-corrected chi connectivity index (χ4v) is 1.77. The molecule has 1 unspecified atom stereocenters. The van der Waals surface area contributed by atoms with Crippen LogP contribution in [-0.2, 0) is 6.42 Å². The molecule has 0 aliphatic rings. The van der Waals surface area contributed by atoms with E-state index in [0.29, 0.717) is 12.5 Å². The molecule has 1 aromatic heterocycles. The molecule has 15 heavy (non-hydrogen) atoms. The molecule has 0 bridgehead atoms. The maximum Gasteiger partial charge on any atom is 0.181 e. The first-order valence-corrected chi connectivity index (χ1v) is 5.30. The molecule has 3 nitrogen and oxygen atoms in total. The number of nitrogens with zero attached hydrogens (tertiary/aromatic N) is 1. The lowest BCUT2D eigenvalue weighted by molar-refractivity contribution is 0.587. The van der Waals surface area contributed by atoms with Crippen LogP contribution >= 0.6 is 11.6 Å². The van der Waals surface area contributed by atoms with Gasteiger partial charge in [-0.2, -0.15) is 0 Å². The zero-order valence-corrected chi connectivity index (χ0v) is 9.29. The predicted octanol–water partition coefficient (Wildman–Crippen LogP) is 2.62. The summed E-state index contributed by atoms with van der Waals surface area (Å²) in [5.41, 5.74) is 8.22. The molecule has 0 amide bonds. The van der Waals surface area contributed by atoms with Crippen molar-refractivity contribution in [2.75, 3.05) is 6.54 Å². The third-order valence-corrected chi connectivity index (χ3v) is 2.82. The number of fused-ring (bicyclic) bond motifs is 1. The molecular formula is C11H13ClN2O. The van der Waals surface area contributed by atoms with Gasteiger partial charge in [-0.05, 0) is 36.6 Å². The van der Waals surface area contributed by atoms with Crippen LogP contribution in [0.2, 0.25) is 5.02 Å². The second kappa shape index (κ2) is 4.21. The molecule has 1 atom stereocenters. The summed E-state index contributed by atoms with van der Waals surface area (Å²) in [5, 5.41) is 0.733. The second-order valence-electron chi connectivity index (χ2n) is 3.81. The number of rotatable bonds is 3. The van der Waals surface area contributed by atoms with Gasteiger partial charge in [-0.3, -0.25) is 0 Å². The van der Waals surface area contributed by atoms with Crippen molar-refractivity contribution in [1.29, 1.82) is 0 Å². The Bertz CT molecular complexity index is 467. The van der Waals surface area contributed by atoms with Crippen molar-refractivity contribution in [1.82, 2.24) is 4.98 Å². The third-order valence-electron chi connectivity index (χ3n) is 2.47. The number of halogens is 1. The van der Waals surface area contributed by atoms with Gasteiger partial charge < -0.3 is 10.2 Å². The molecule has 0 aliphatic heterocycles. The first kappa shape index (κ1) is 10.5. The summed E-state index contributed by atoms with van der Waals surface area (Å²) < 4.78 is 5.23. The first-order chi connectivity index (χ1) is 7.20. The number of hydrogen-bond acceptors (Lipinski definition) is 3. The summed E-state index contributed by atoms with van der Waals surface area (Å²) in [6.45, 7) is 2.76. The Morgan fingerprint density at radius 3 is 3.07 bits per heavy atom. The standard InChI is InChI=1S/C11H13ClN2O/c1-7(5-13)2-8-3-11-10(4-9(8)12)14-6-15-11/h3-4,6-7H,2,5,13H2,1H3. The van der Waals surface area contributed by atoms with Crippen molar-refractivity contribution >= 4 is 22.7 Å². The monoisotopic (exact) mass is 224 g/mol. The first-order valence-electron chi connectivity index (χ1n) is 4.92. The fourth-order valence-electron chi connectivity index (χ4n) is 1.54. The van der Waals surface area contributed by atoms with Crippen molar-refractivity contribution in [3.8, 4) is 0 Å². The minimum absolute atomic E-state index is 0.419. The van der Waals surface area contributed by atoms with E-state index < -0.39 is 0 Å². The summed E-state index contributed by atoms with van der Waals surface area (Å²) >= 11 is 6.14. The van der Waals surface area contributed by atoms with Gasteiger partial charge in [0.05, 0.1) is 0 Å². The largest absolute Gasteiger partial charge is 0.443 e. The van der Waals surface area contributed by atoms with E-state index in [9.17, 15) is 0 Å². The Kier molecular flexibility index (Phi) is 2.93. The number of hydrogen-bond donors (Lipinski definition) is 1. The summed E-state index contributed by atoms with van der Waals surface area (Å²) in [6.07, 6.45) is 2.29. The van der Waals surface area contributed by atoms with Crippen LogP contribution in [0.1, 0.15) is 12.5 Å². The smallest absolute Gasteiger partial charge is 0.181 e. The highest BCUT2D eigenvalue weighted by atomic mass is 35.5. The molecule has 0 saturated heterocycles. The average molecular weight is 225 g/mol. The van der Waals surface area contributed by atoms with Crippen molar-refractivity contribution in [3.05, 3.63) is 29.1 Å². The van der Waals surface area contributed by atoms with Crippen LogP contribution in [-0.4, -0.2) is 11.5 Å². The van der Waals surface area contributed by atoms with Gasteiger partial charge >= 0.3 is 0 Å². The Balaban J connectivity index is 2.37. The van der Waals surface area contributed by atoms with Crippen molar-refractivity contribution in [2.24, 2.45) is 11.7 Å². The van der Waals surface area contributed by atoms with E-state index >= 15 is 0 Å². The molecule has 1 aromatic carbocycles. The van der Waals surface area contributed by atoms with E-state index in [-0.39, 0.29) is 0 Å². The van der Waals surface area contributed by atoms with Crippen LogP contribution in [0, 0.1) is 5.92 Å². The highest BCUT2D eigenvalue weighted by Gasteiger charge is 2.09. The molecule has 80 valence electrons. The maximum atomic E-state index is 6.14. The Hall–Kier alpha value is -1.06. The normalized spacial score (nSPS) is 13.3. The zero-order chi connectivity index (χ0) is 10.8. The minimum atomic E-state index is 0.419. The van der Waals surface area contributed by atoms with Gasteiger partial charge in [0, 0.05) is 5.02 Å². The summed E-state index contributed by atoms with van der Waals surface area (Å²) in [5.74, 6) is 0.419. The second-order valence-corrected chi connectivity index (χ2v) is 4.22. The van der Waals surface area contributed by atoms with Crippen molar-refractivity contribution in [2.45, 2.75) is 13.3 Å². The van der Waals surface area contributed by atoms with E-state index in [2.05, 4.69) is 11.9 Å². The van der Waals surface area contributed by atoms with Crippen molar-refractivity contribution < 1.29 is 4.42 Å². The molecule has 0 fully saturated rings. The van der Waals surface area contributed by atoms with Gasteiger partial charge in [0.25, 0.3) is 0 Å². The van der Waals surface area contributed by atoms with Gasteiger partial charge in [0.2, 0.25) is 0 Å². The Labute approximate surface area is 93.2 Å². The molecule has 1 heterocycles. The van der Waals surface area contributed by atoms with Crippen LogP contribution in [0.4, 0.5) is 0 Å². The lowest BCUT2D eigenvalue weighted by Crippen LogP contribution is -2.13. The summed E-state index contributed by atoms with van der Waals surface area (Å²) in [6, 6.07) is 3.77. The number of benzene rings is 1. The summed E-state index contributed by atoms with van der Waals surface area (Å²) in [7, 11) is 0. The molecular weight excluding hydrogens is 212 g/mol. The van der Waals surface area contributed by atoms with Crippen LogP contribution in [0.3, 0.4) is 0 Å². The third kappa shape index (κ3) is 2.13. The van der Waals surface area contributed by atoms with Crippen molar-refractivity contribution in [3.63, 3.8) is 0 Å². The zero-order valence-electron chi connectivity index (χ0n) is 8.53. The van der Waals surface area contributed by atoms with Crippen LogP contribution in [0.5, 0.6) is 0 Å². The SMILES string of the molecule is CC(CN)Cc1cc2ocnc2cc1Cl. The fraction of sp³-hybridized carbons (Fsp3) is 0.364. The Morgan fingerprint density at radius 2 is 2.33 bits per heavy atom. The quantitative estimate of drug-likeness (QED) is 0.872. The van der Waals surface area contributed by atoms with Crippen LogP contribution < -0.4 is 5.73 Å². The van der Waals surface area contributed by atoms with Gasteiger partial charge in [0.15, 0.2) is 12.0 Å². The van der Waals surface area contributed by atoms with Gasteiger partial charge in [-0.1, -0.05) is 18.5 Å². The number of aromatic nitrogens is 1. The highest BCUT2D eigenvalue weighted by molar-refractivity contribution is 6.32. The topological polar surface area (TPSA) is 52.0 Å². The molecule has 2 rings (SSSR count). The van der Waals surface area contributed by atoms with E-state index in [4.69, 9.17) is 21.8 Å². The van der Waals surface area contributed by atoms with E-state index in [1.807, 2.05) is 12.1 Å². The van der Waals surface area contributed by atoms with Gasteiger partial charge in [-0.15, -0.1) is 0 Å². The van der Waals surface area contributed by atoms with Gasteiger partial charge in [-0.25, -0.2) is 4.98 Å². The molecule has 4 heteroatoms. The molecule has 0 spiro atoms. The molecule has 0 saturated carbocycles. The van der Waals surface area contributed by atoms with E-state index in [0.717, 1.165) is 28.1 Å². The van der Waals surface area contributed by atoms with Crippen LogP contribution in [0.25, 0.3) is 11.1 Å². The molecule has 0 aliphatic carbocycles. The predicted molar refractivity (Wildman–Crippen MR) is 60.9 cm³/mol. The van der Waals surface area contributed by atoms with Crippen LogP contribution in [0.15, 0.2) is 22.9 Å². The Morgan fingerprint density at radius 1 is 1.53 bits per heavy atom. The number of nitrogens with two attached hydrogens (primary N) is 1. The lowest BCUT2D eigenvalue weighted by Gasteiger charge is -2.09. The lowest BCUT2D eigenvalue weighted by atomic mass is 10.0. The molecule has 2 aromatic rings.